The first kappa shape index (κ1) is 22.1. The molecule has 1 heterocycles. The first-order valence-electron chi connectivity index (χ1n) is 13.1. The lowest BCUT2D eigenvalue weighted by atomic mass is 9.48. The summed E-state index contributed by atoms with van der Waals surface area (Å²) in [5, 5.41) is 11.8. The number of hydrogen-bond acceptors (Lipinski definition) is 3. The van der Waals surface area contributed by atoms with Gasteiger partial charge in [-0.25, -0.2) is 4.79 Å². The lowest BCUT2D eigenvalue weighted by molar-refractivity contribution is -0.00640. The minimum atomic E-state index is -0.864. The summed E-state index contributed by atoms with van der Waals surface area (Å²) in [7, 11) is 0. The third-order valence-electron chi connectivity index (χ3n) is 8.89. The molecule has 4 fully saturated rings. The van der Waals surface area contributed by atoms with Crippen LogP contribution in [0.4, 0.5) is 0 Å². The fraction of sp³-hybridized carbons (Fsp3) is 0.344. The van der Waals surface area contributed by atoms with E-state index in [-0.39, 0.29) is 5.41 Å². The highest BCUT2D eigenvalue weighted by Gasteiger charge is 2.52. The van der Waals surface area contributed by atoms with Crippen molar-refractivity contribution in [2.45, 2.75) is 50.5 Å². The van der Waals surface area contributed by atoms with Gasteiger partial charge in [-0.1, -0.05) is 42.5 Å². The van der Waals surface area contributed by atoms with Gasteiger partial charge in [0.2, 0.25) is 0 Å². The minimum Gasteiger partial charge on any atom is -0.489 e. The lowest BCUT2D eigenvalue weighted by Gasteiger charge is -2.57. The highest BCUT2D eigenvalue weighted by atomic mass is 32.1. The summed E-state index contributed by atoms with van der Waals surface area (Å²) in [4.78, 5) is 12.8. The Kier molecular flexibility index (Phi) is 5.21. The van der Waals surface area contributed by atoms with Gasteiger partial charge in [-0.3, -0.25) is 0 Å². The van der Waals surface area contributed by atoms with Crippen molar-refractivity contribution in [2.75, 3.05) is 0 Å². The van der Waals surface area contributed by atoms with Gasteiger partial charge < -0.3 is 9.84 Å². The molecule has 4 aromatic rings. The molecule has 4 saturated carbocycles. The maximum atomic E-state index is 11.4. The van der Waals surface area contributed by atoms with E-state index >= 15 is 0 Å². The van der Waals surface area contributed by atoms with Crippen molar-refractivity contribution in [3.8, 4) is 16.2 Å². The molecular formula is C32H30O3S. The SMILES string of the molecule is O=C(O)c1ccc(-c2ccc3cc(OCc4ccccc4)c(C45CC6CC(CC(C6)C4)C5)cc3c2)s1. The van der Waals surface area contributed by atoms with Crippen LogP contribution in [-0.2, 0) is 12.0 Å². The molecule has 0 radical (unpaired) electrons. The largest absolute Gasteiger partial charge is 0.489 e. The van der Waals surface area contributed by atoms with E-state index in [1.54, 1.807) is 6.07 Å². The highest BCUT2D eigenvalue weighted by Crippen LogP contribution is 2.62. The summed E-state index contributed by atoms with van der Waals surface area (Å²) < 4.78 is 6.60. The van der Waals surface area contributed by atoms with Crippen LogP contribution >= 0.6 is 11.3 Å². The number of carbonyl (C=O) groups is 1. The molecule has 0 amide bonds. The fourth-order valence-corrected chi connectivity index (χ4v) is 8.59. The molecule has 4 aliphatic rings. The van der Waals surface area contributed by atoms with Gasteiger partial charge in [-0.15, -0.1) is 11.3 Å². The Bertz CT molecular complexity index is 1420. The molecule has 0 unspecified atom stereocenters. The Morgan fingerprint density at radius 3 is 2.25 bits per heavy atom. The Labute approximate surface area is 215 Å². The van der Waals surface area contributed by atoms with Crippen LogP contribution in [-0.4, -0.2) is 11.1 Å². The molecule has 4 bridgehead atoms. The predicted octanol–water partition coefficient (Wildman–Crippen LogP) is 8.31. The van der Waals surface area contributed by atoms with Crippen LogP contribution in [0, 0.1) is 17.8 Å². The van der Waals surface area contributed by atoms with Gasteiger partial charge in [0.25, 0.3) is 0 Å². The topological polar surface area (TPSA) is 46.5 Å². The standard InChI is InChI=1S/C32H30O3S/c33-31(34)30-9-8-29(36-30)25-7-6-24-15-28(35-19-20-4-2-1-3-5-20)27(14-26(24)13-25)32-16-21-10-22(17-32)12-23(11-21)18-32/h1-9,13-15,21-23H,10-12,16-19H2,(H,33,34). The van der Waals surface area contributed by atoms with Crippen LogP contribution in [0.3, 0.4) is 0 Å². The minimum absolute atomic E-state index is 0.227. The summed E-state index contributed by atoms with van der Waals surface area (Å²) in [5.74, 6) is 2.77. The molecule has 4 aliphatic carbocycles. The molecule has 182 valence electrons. The average Bonchev–Trinajstić information content (AvgIpc) is 3.37. The molecule has 1 aromatic heterocycles. The molecule has 4 heteroatoms. The Morgan fingerprint density at radius 2 is 1.58 bits per heavy atom. The highest BCUT2D eigenvalue weighted by molar-refractivity contribution is 7.17. The van der Waals surface area contributed by atoms with E-state index in [4.69, 9.17) is 4.74 Å². The molecule has 0 atom stereocenters. The number of aromatic carboxylic acids is 1. The fourth-order valence-electron chi connectivity index (χ4n) is 7.75. The van der Waals surface area contributed by atoms with Crippen LogP contribution in [0.1, 0.15) is 59.3 Å². The van der Waals surface area contributed by atoms with Gasteiger partial charge >= 0.3 is 5.97 Å². The van der Waals surface area contributed by atoms with E-state index in [1.165, 1.54) is 71.8 Å². The second-order valence-corrected chi connectivity index (χ2v) is 12.4. The van der Waals surface area contributed by atoms with Crippen molar-refractivity contribution in [2.24, 2.45) is 17.8 Å². The summed E-state index contributed by atoms with van der Waals surface area (Å²) in [6.07, 6.45) is 8.13. The number of hydrogen-bond donors (Lipinski definition) is 1. The zero-order valence-corrected chi connectivity index (χ0v) is 21.1. The second-order valence-electron chi connectivity index (χ2n) is 11.4. The number of carboxylic acids is 1. The number of ether oxygens (including phenoxy) is 1. The molecule has 1 N–H and O–H groups in total. The van der Waals surface area contributed by atoms with Crippen molar-refractivity contribution >= 4 is 28.1 Å². The Morgan fingerprint density at radius 1 is 0.861 bits per heavy atom. The van der Waals surface area contributed by atoms with Gasteiger partial charge in [-0.05, 0) is 114 Å². The lowest BCUT2D eigenvalue weighted by Crippen LogP contribution is -2.48. The Hall–Kier alpha value is -3.11. The van der Waals surface area contributed by atoms with Crippen molar-refractivity contribution in [1.82, 2.24) is 0 Å². The molecule has 0 saturated heterocycles. The van der Waals surface area contributed by atoms with Gasteiger partial charge in [0.1, 0.15) is 17.2 Å². The zero-order valence-electron chi connectivity index (χ0n) is 20.3. The second kappa shape index (κ2) is 8.48. The van der Waals surface area contributed by atoms with Crippen molar-refractivity contribution in [3.63, 3.8) is 0 Å². The van der Waals surface area contributed by atoms with Gasteiger partial charge in [0.15, 0.2) is 0 Å². The quantitative estimate of drug-likeness (QED) is 0.293. The van der Waals surface area contributed by atoms with Crippen LogP contribution < -0.4 is 4.74 Å². The third-order valence-corrected chi connectivity index (χ3v) is 10.0. The maximum Gasteiger partial charge on any atom is 0.345 e. The van der Waals surface area contributed by atoms with Crippen LogP contribution in [0.2, 0.25) is 0 Å². The number of benzene rings is 3. The molecule has 0 aliphatic heterocycles. The van der Waals surface area contributed by atoms with Gasteiger partial charge in [0.05, 0.1) is 0 Å². The number of rotatable bonds is 6. The molecule has 3 aromatic carbocycles. The van der Waals surface area contributed by atoms with E-state index in [2.05, 4.69) is 54.6 Å². The molecule has 36 heavy (non-hydrogen) atoms. The summed E-state index contributed by atoms with van der Waals surface area (Å²) in [6, 6.07) is 25.2. The molecule has 3 nitrogen and oxygen atoms in total. The molecular weight excluding hydrogens is 464 g/mol. The van der Waals surface area contributed by atoms with E-state index in [9.17, 15) is 9.90 Å². The smallest absolute Gasteiger partial charge is 0.345 e. The van der Waals surface area contributed by atoms with E-state index in [0.29, 0.717) is 11.5 Å². The Balaban J connectivity index is 1.32. The van der Waals surface area contributed by atoms with Gasteiger partial charge in [0, 0.05) is 10.4 Å². The monoisotopic (exact) mass is 494 g/mol. The maximum absolute atomic E-state index is 11.4. The van der Waals surface area contributed by atoms with Gasteiger partial charge in [-0.2, -0.15) is 0 Å². The van der Waals surface area contributed by atoms with E-state index in [1.807, 2.05) is 12.1 Å². The van der Waals surface area contributed by atoms with Crippen molar-refractivity contribution in [3.05, 3.63) is 88.8 Å². The molecule has 0 spiro atoms. The summed E-state index contributed by atoms with van der Waals surface area (Å²) in [6.45, 7) is 0.580. The van der Waals surface area contributed by atoms with Crippen molar-refractivity contribution in [1.29, 1.82) is 0 Å². The van der Waals surface area contributed by atoms with E-state index < -0.39 is 5.97 Å². The normalized spacial score (nSPS) is 26.4. The predicted molar refractivity (Wildman–Crippen MR) is 145 cm³/mol. The van der Waals surface area contributed by atoms with Crippen molar-refractivity contribution < 1.29 is 14.6 Å². The number of carboxylic acid groups (broad SMARTS) is 1. The number of fused-ring (bicyclic) bond motifs is 1. The first-order chi connectivity index (χ1) is 17.5. The molecule has 8 rings (SSSR count). The van der Waals surface area contributed by atoms with Crippen LogP contribution in [0.25, 0.3) is 21.2 Å². The third kappa shape index (κ3) is 3.83. The summed E-state index contributed by atoms with van der Waals surface area (Å²) >= 11 is 1.34. The van der Waals surface area contributed by atoms with Crippen LogP contribution in [0.15, 0.2) is 72.8 Å². The summed E-state index contributed by atoms with van der Waals surface area (Å²) in [5.41, 5.74) is 3.90. The van der Waals surface area contributed by atoms with Crippen LogP contribution in [0.5, 0.6) is 5.75 Å². The number of thiophene rings is 1. The average molecular weight is 495 g/mol. The first-order valence-corrected chi connectivity index (χ1v) is 13.9. The van der Waals surface area contributed by atoms with E-state index in [0.717, 1.165) is 33.9 Å². The zero-order chi connectivity index (χ0) is 24.3.